The molecule has 19 heavy (non-hydrogen) atoms. The highest BCUT2D eigenvalue weighted by molar-refractivity contribution is 6.35. The zero-order chi connectivity index (χ0) is 13.8. The van der Waals surface area contributed by atoms with Gasteiger partial charge in [-0.15, -0.1) is 0 Å². The van der Waals surface area contributed by atoms with Crippen LogP contribution in [0.3, 0.4) is 0 Å². The normalized spacial score (nSPS) is 12.2. The van der Waals surface area contributed by atoms with Crippen LogP contribution in [-0.2, 0) is 6.42 Å². The second-order valence-corrected chi connectivity index (χ2v) is 4.98. The fourth-order valence-corrected chi connectivity index (χ4v) is 2.36. The standard InChI is InChI=1S/C14H14Cl2N2O/c1-19-13-3-2-6-18-14(13)12(17)7-9-4-5-10(15)8-11(9)16/h2-6,8,12H,7,17H2,1H3. The van der Waals surface area contributed by atoms with E-state index >= 15 is 0 Å². The maximum absolute atomic E-state index is 6.18. The predicted octanol–water partition coefficient (Wildman–Crippen LogP) is 3.64. The van der Waals surface area contributed by atoms with Gasteiger partial charge in [0.25, 0.3) is 0 Å². The van der Waals surface area contributed by atoms with Gasteiger partial charge in [0, 0.05) is 16.2 Å². The Morgan fingerprint density at radius 1 is 1.32 bits per heavy atom. The van der Waals surface area contributed by atoms with Crippen molar-refractivity contribution in [3.63, 3.8) is 0 Å². The van der Waals surface area contributed by atoms with E-state index in [1.165, 1.54) is 0 Å². The third-order valence-corrected chi connectivity index (χ3v) is 3.41. The molecule has 0 saturated carbocycles. The minimum Gasteiger partial charge on any atom is -0.495 e. The van der Waals surface area contributed by atoms with Crippen LogP contribution in [0.25, 0.3) is 0 Å². The van der Waals surface area contributed by atoms with Gasteiger partial charge in [0.15, 0.2) is 0 Å². The molecule has 1 atom stereocenters. The summed E-state index contributed by atoms with van der Waals surface area (Å²) < 4.78 is 5.26. The number of nitrogens with zero attached hydrogens (tertiary/aromatic N) is 1. The minimum atomic E-state index is -0.283. The summed E-state index contributed by atoms with van der Waals surface area (Å²) in [6, 6.07) is 8.75. The third kappa shape index (κ3) is 3.38. The molecule has 1 heterocycles. The number of rotatable bonds is 4. The summed E-state index contributed by atoms with van der Waals surface area (Å²) >= 11 is 12.0. The Hall–Kier alpha value is -1.29. The maximum Gasteiger partial charge on any atom is 0.141 e. The number of halogens is 2. The third-order valence-electron chi connectivity index (χ3n) is 2.83. The first-order valence-electron chi connectivity index (χ1n) is 5.80. The van der Waals surface area contributed by atoms with Crippen molar-refractivity contribution in [2.24, 2.45) is 5.73 Å². The number of nitrogens with two attached hydrogens (primary N) is 1. The van der Waals surface area contributed by atoms with E-state index in [0.29, 0.717) is 22.2 Å². The lowest BCUT2D eigenvalue weighted by Gasteiger charge is -2.15. The molecule has 0 bridgehead atoms. The van der Waals surface area contributed by atoms with E-state index < -0.39 is 0 Å². The molecule has 3 nitrogen and oxygen atoms in total. The molecule has 1 aromatic heterocycles. The number of hydrogen-bond donors (Lipinski definition) is 1. The lowest BCUT2D eigenvalue weighted by molar-refractivity contribution is 0.401. The molecule has 0 aliphatic heterocycles. The molecule has 0 saturated heterocycles. The number of benzene rings is 1. The molecular formula is C14H14Cl2N2O. The summed E-state index contributed by atoms with van der Waals surface area (Å²) in [7, 11) is 1.60. The Labute approximate surface area is 122 Å². The van der Waals surface area contributed by atoms with Gasteiger partial charge in [0.2, 0.25) is 0 Å². The Morgan fingerprint density at radius 2 is 2.11 bits per heavy atom. The molecule has 0 aliphatic carbocycles. The zero-order valence-corrected chi connectivity index (χ0v) is 11.9. The van der Waals surface area contributed by atoms with Gasteiger partial charge < -0.3 is 10.5 Å². The van der Waals surface area contributed by atoms with Crippen molar-refractivity contribution in [1.82, 2.24) is 4.98 Å². The van der Waals surface area contributed by atoms with E-state index in [-0.39, 0.29) is 6.04 Å². The molecule has 2 rings (SSSR count). The van der Waals surface area contributed by atoms with Crippen molar-refractivity contribution in [2.75, 3.05) is 7.11 Å². The summed E-state index contributed by atoms with van der Waals surface area (Å²) in [5, 5.41) is 1.22. The van der Waals surface area contributed by atoms with Gasteiger partial charge in [0.1, 0.15) is 5.75 Å². The molecule has 1 aromatic carbocycles. The molecule has 0 aliphatic rings. The number of methoxy groups -OCH3 is 1. The Morgan fingerprint density at radius 3 is 2.79 bits per heavy atom. The van der Waals surface area contributed by atoms with Gasteiger partial charge in [0.05, 0.1) is 18.8 Å². The van der Waals surface area contributed by atoms with Crippen LogP contribution < -0.4 is 10.5 Å². The molecule has 5 heteroatoms. The van der Waals surface area contributed by atoms with Crippen LogP contribution in [0.1, 0.15) is 17.3 Å². The SMILES string of the molecule is COc1cccnc1C(N)Cc1ccc(Cl)cc1Cl. The van der Waals surface area contributed by atoms with Crippen LogP contribution in [0.4, 0.5) is 0 Å². The number of aromatic nitrogens is 1. The van der Waals surface area contributed by atoms with Crippen molar-refractivity contribution in [3.8, 4) is 5.75 Å². The largest absolute Gasteiger partial charge is 0.495 e. The van der Waals surface area contributed by atoms with Crippen molar-refractivity contribution >= 4 is 23.2 Å². The average Bonchev–Trinajstić information content (AvgIpc) is 2.41. The van der Waals surface area contributed by atoms with Gasteiger partial charge in [-0.3, -0.25) is 4.98 Å². The van der Waals surface area contributed by atoms with Crippen LogP contribution in [-0.4, -0.2) is 12.1 Å². The zero-order valence-electron chi connectivity index (χ0n) is 10.4. The van der Waals surface area contributed by atoms with Gasteiger partial charge in [-0.2, -0.15) is 0 Å². The van der Waals surface area contributed by atoms with Gasteiger partial charge in [-0.1, -0.05) is 29.3 Å². The van der Waals surface area contributed by atoms with Gasteiger partial charge in [-0.25, -0.2) is 0 Å². The Kier molecular flexibility index (Phi) is 4.64. The van der Waals surface area contributed by atoms with Gasteiger partial charge >= 0.3 is 0 Å². The number of ether oxygens (including phenoxy) is 1. The highest BCUT2D eigenvalue weighted by Gasteiger charge is 2.15. The Bertz CT molecular complexity index is 575. The lowest BCUT2D eigenvalue weighted by atomic mass is 10.0. The second-order valence-electron chi connectivity index (χ2n) is 4.14. The van der Waals surface area contributed by atoms with E-state index in [1.807, 2.05) is 18.2 Å². The van der Waals surface area contributed by atoms with Crippen molar-refractivity contribution < 1.29 is 4.74 Å². The molecule has 0 fully saturated rings. The van der Waals surface area contributed by atoms with E-state index in [9.17, 15) is 0 Å². The number of hydrogen-bond acceptors (Lipinski definition) is 3. The van der Waals surface area contributed by atoms with Crippen molar-refractivity contribution in [1.29, 1.82) is 0 Å². The summed E-state index contributed by atoms with van der Waals surface area (Å²) in [5.41, 5.74) is 7.83. The summed E-state index contributed by atoms with van der Waals surface area (Å²) in [6.07, 6.45) is 2.27. The molecule has 0 radical (unpaired) electrons. The average molecular weight is 297 g/mol. The first-order valence-corrected chi connectivity index (χ1v) is 6.56. The Balaban J connectivity index is 2.23. The van der Waals surface area contributed by atoms with E-state index in [2.05, 4.69) is 4.98 Å². The van der Waals surface area contributed by atoms with E-state index in [0.717, 1.165) is 11.3 Å². The van der Waals surface area contributed by atoms with E-state index in [4.69, 9.17) is 33.7 Å². The summed E-state index contributed by atoms with van der Waals surface area (Å²) in [4.78, 5) is 4.27. The molecule has 100 valence electrons. The summed E-state index contributed by atoms with van der Waals surface area (Å²) in [6.45, 7) is 0. The highest BCUT2D eigenvalue weighted by atomic mass is 35.5. The highest BCUT2D eigenvalue weighted by Crippen LogP contribution is 2.27. The van der Waals surface area contributed by atoms with E-state index in [1.54, 1.807) is 25.4 Å². The fraction of sp³-hybridized carbons (Fsp3) is 0.214. The molecular weight excluding hydrogens is 283 g/mol. The molecule has 2 N–H and O–H groups in total. The van der Waals surface area contributed by atoms with Crippen LogP contribution in [0.2, 0.25) is 10.0 Å². The van der Waals surface area contributed by atoms with Crippen LogP contribution in [0.5, 0.6) is 5.75 Å². The number of pyridine rings is 1. The predicted molar refractivity (Wildman–Crippen MR) is 77.9 cm³/mol. The topological polar surface area (TPSA) is 48.1 Å². The van der Waals surface area contributed by atoms with Crippen LogP contribution >= 0.6 is 23.2 Å². The lowest BCUT2D eigenvalue weighted by Crippen LogP contribution is -2.16. The van der Waals surface area contributed by atoms with Crippen LogP contribution in [0.15, 0.2) is 36.5 Å². The monoisotopic (exact) mass is 296 g/mol. The fourth-order valence-electron chi connectivity index (χ4n) is 1.87. The molecule has 0 spiro atoms. The smallest absolute Gasteiger partial charge is 0.141 e. The van der Waals surface area contributed by atoms with Crippen molar-refractivity contribution in [3.05, 3.63) is 57.8 Å². The quantitative estimate of drug-likeness (QED) is 0.937. The van der Waals surface area contributed by atoms with Crippen molar-refractivity contribution in [2.45, 2.75) is 12.5 Å². The first kappa shape index (κ1) is 14.1. The maximum atomic E-state index is 6.18. The van der Waals surface area contributed by atoms with Gasteiger partial charge in [-0.05, 0) is 36.2 Å². The molecule has 0 amide bonds. The first-order chi connectivity index (χ1) is 9.11. The van der Waals surface area contributed by atoms with Crippen LogP contribution in [0, 0.1) is 0 Å². The molecule has 2 aromatic rings. The second kappa shape index (κ2) is 6.24. The molecule has 1 unspecified atom stereocenters. The minimum absolute atomic E-state index is 0.283. The summed E-state index contributed by atoms with van der Waals surface area (Å²) in [5.74, 6) is 0.681.